The van der Waals surface area contributed by atoms with Crippen LogP contribution >= 0.6 is 11.3 Å². The lowest BCUT2D eigenvalue weighted by molar-refractivity contribution is -0.144. The third kappa shape index (κ3) is 15.9. The van der Waals surface area contributed by atoms with E-state index in [1.807, 2.05) is 131 Å². The molecule has 2 aromatic heterocycles. The maximum atomic E-state index is 14.0. The molecule has 0 unspecified atom stereocenters. The molecule has 0 spiro atoms. The Kier molecular flexibility index (Phi) is 20.5. The number of nitrogens with one attached hydrogen (secondary N) is 5. The highest BCUT2D eigenvalue weighted by Crippen LogP contribution is 2.33. The van der Waals surface area contributed by atoms with Crippen LogP contribution in [0.1, 0.15) is 74.0 Å². The van der Waals surface area contributed by atoms with Crippen LogP contribution in [-0.2, 0) is 46.5 Å². The summed E-state index contributed by atoms with van der Waals surface area (Å²) in [5.74, 6) is 3.94. The van der Waals surface area contributed by atoms with Gasteiger partial charge in [0.25, 0.3) is 5.91 Å². The van der Waals surface area contributed by atoms with Crippen LogP contribution in [-0.4, -0.2) is 132 Å². The lowest BCUT2D eigenvalue weighted by Crippen LogP contribution is -2.57. The SMILES string of the molecule is CCNC(=O)C#Cc1ccc2c(C(=Nc3ccc(CNCCOCCOCCOCCC(=O)N[C@H](C(=O)N4C[C@H](O)C[C@H]4C(=O)NCc4ccc(-c5scnc5C)cc4)C(C)(C)C)cc3)c3ccccc3)c(O)[nH]c2c1. The van der Waals surface area contributed by atoms with Gasteiger partial charge in [0.05, 0.1) is 84.3 Å². The summed E-state index contributed by atoms with van der Waals surface area (Å²) < 4.78 is 17.0. The van der Waals surface area contributed by atoms with Gasteiger partial charge < -0.3 is 55.6 Å². The Morgan fingerprint density at radius 2 is 1.57 bits per heavy atom. The van der Waals surface area contributed by atoms with Crippen molar-refractivity contribution in [2.45, 2.75) is 78.7 Å². The molecule has 76 heavy (non-hydrogen) atoms. The largest absolute Gasteiger partial charge is 0.494 e. The number of nitrogens with zero attached hydrogens (tertiary/aromatic N) is 3. The van der Waals surface area contributed by atoms with Crippen LogP contribution < -0.4 is 21.3 Å². The maximum Gasteiger partial charge on any atom is 0.296 e. The van der Waals surface area contributed by atoms with E-state index in [2.05, 4.69) is 43.1 Å². The minimum atomic E-state index is -0.934. The molecule has 0 saturated carbocycles. The fraction of sp³-hybridized carbons (Fsp3) is 0.379. The Labute approximate surface area is 447 Å². The van der Waals surface area contributed by atoms with Gasteiger partial charge in [-0.1, -0.05) is 99.5 Å². The number of aliphatic imine (C=N–C) groups is 1. The molecule has 1 saturated heterocycles. The molecular formula is C58H68N8O9S. The van der Waals surface area contributed by atoms with E-state index in [1.165, 1.54) is 4.90 Å². The second kappa shape index (κ2) is 27.5. The van der Waals surface area contributed by atoms with E-state index in [0.717, 1.165) is 38.2 Å². The monoisotopic (exact) mass is 1050 g/mol. The number of carbonyl (C=O) groups is 4. The predicted octanol–water partition coefficient (Wildman–Crippen LogP) is 6.30. The molecule has 400 valence electrons. The third-order valence-electron chi connectivity index (χ3n) is 12.6. The number of amides is 4. The van der Waals surface area contributed by atoms with Crippen LogP contribution in [0.25, 0.3) is 21.3 Å². The molecule has 1 aliphatic rings. The van der Waals surface area contributed by atoms with Crippen molar-refractivity contribution in [1.29, 1.82) is 0 Å². The Hall–Kier alpha value is -7.24. The maximum absolute atomic E-state index is 14.0. The number of fused-ring (bicyclic) bond motifs is 1. The first-order chi connectivity index (χ1) is 36.7. The number of β-amino-alcohol motifs (C(OH)–C–C–N with tert-alkyl or cyclic N) is 1. The minimum absolute atomic E-state index is 0.00841. The topological polar surface area (TPSA) is 229 Å². The minimum Gasteiger partial charge on any atom is -0.494 e. The van der Waals surface area contributed by atoms with Crippen molar-refractivity contribution in [2.75, 3.05) is 59.3 Å². The lowest BCUT2D eigenvalue weighted by atomic mass is 9.85. The molecule has 3 heterocycles. The van der Waals surface area contributed by atoms with Gasteiger partial charge in [0.1, 0.15) is 12.1 Å². The van der Waals surface area contributed by atoms with Gasteiger partial charge in [-0.15, -0.1) is 11.3 Å². The lowest BCUT2D eigenvalue weighted by Gasteiger charge is -2.35. The van der Waals surface area contributed by atoms with Crippen molar-refractivity contribution in [1.82, 2.24) is 36.1 Å². The van der Waals surface area contributed by atoms with Crippen LogP contribution in [0, 0.1) is 24.2 Å². The van der Waals surface area contributed by atoms with Crippen molar-refractivity contribution < 1.29 is 43.6 Å². The molecular weight excluding hydrogens is 985 g/mol. The van der Waals surface area contributed by atoms with Gasteiger partial charge >= 0.3 is 0 Å². The number of aromatic hydroxyl groups is 1. The number of H-pyrrole nitrogens is 1. The van der Waals surface area contributed by atoms with Crippen LogP contribution in [0.4, 0.5) is 5.69 Å². The highest BCUT2D eigenvalue weighted by Gasteiger charge is 2.44. The Morgan fingerprint density at radius 3 is 2.25 bits per heavy atom. The molecule has 4 aromatic carbocycles. The number of likely N-dealkylation sites (tertiary alicyclic amines) is 1. The Morgan fingerprint density at radius 1 is 0.882 bits per heavy atom. The summed E-state index contributed by atoms with van der Waals surface area (Å²) in [5, 5.41) is 34.3. The first-order valence-corrected chi connectivity index (χ1v) is 26.4. The standard InChI is InChI=1S/C58H68N8O9S/c1-6-60-49(68)23-17-39-16-22-46-47(32-39)64-56(71)51(46)52(42-10-8-7-9-11-42)63-44-20-14-40(15-21-44)34-59-25-27-74-29-31-75-30-28-73-26-24-50(69)65-54(58(3,4)5)57(72)66-36-45(67)33-48(66)55(70)61-35-41-12-18-43(19-13-41)53-38(2)62-37-76-53/h7-16,18-22,32,37,45,48,54,59,64,67,71H,6,24-31,33-36H2,1-5H3,(H,60,68)(H,61,70)(H,65,69)/t45-,48+,54-/m1/s1. The Bertz CT molecular complexity index is 2990. The summed E-state index contributed by atoms with van der Waals surface area (Å²) in [5.41, 5.74) is 9.12. The van der Waals surface area contributed by atoms with Crippen molar-refractivity contribution in [2.24, 2.45) is 10.4 Å². The smallest absolute Gasteiger partial charge is 0.296 e. The molecule has 0 radical (unpaired) electrons. The number of hydrogen-bond acceptors (Lipinski definition) is 13. The van der Waals surface area contributed by atoms with E-state index >= 15 is 0 Å². The number of aryl methyl sites for hydroxylation is 1. The number of ether oxygens (including phenoxy) is 3. The average Bonchev–Trinajstić information content (AvgIpc) is 4.13. The normalized spacial score (nSPS) is 15.0. The van der Waals surface area contributed by atoms with E-state index in [4.69, 9.17) is 19.2 Å². The fourth-order valence-electron chi connectivity index (χ4n) is 8.61. The van der Waals surface area contributed by atoms with Crippen molar-refractivity contribution in [3.05, 3.63) is 136 Å². The molecule has 6 aromatic rings. The summed E-state index contributed by atoms with van der Waals surface area (Å²) in [6.45, 7) is 13.3. The molecule has 7 N–H and O–H groups in total. The van der Waals surface area contributed by atoms with Gasteiger partial charge in [-0.25, -0.2) is 9.98 Å². The van der Waals surface area contributed by atoms with Crippen LogP contribution in [0.5, 0.6) is 5.88 Å². The number of hydrogen-bond donors (Lipinski definition) is 7. The summed E-state index contributed by atoms with van der Waals surface area (Å²) in [4.78, 5) is 67.2. The van der Waals surface area contributed by atoms with Gasteiger partial charge in [-0.2, -0.15) is 0 Å². The van der Waals surface area contributed by atoms with Gasteiger partial charge in [0.15, 0.2) is 5.88 Å². The van der Waals surface area contributed by atoms with Gasteiger partial charge in [-0.3, -0.25) is 19.2 Å². The van der Waals surface area contributed by atoms with Crippen LogP contribution in [0.3, 0.4) is 0 Å². The zero-order valence-electron chi connectivity index (χ0n) is 43.7. The number of carbonyl (C=O) groups excluding carboxylic acids is 4. The molecule has 17 nitrogen and oxygen atoms in total. The van der Waals surface area contributed by atoms with Crippen molar-refractivity contribution in [3.8, 4) is 28.2 Å². The highest BCUT2D eigenvalue weighted by molar-refractivity contribution is 7.13. The molecule has 4 amide bonds. The van der Waals surface area contributed by atoms with E-state index in [9.17, 15) is 29.4 Å². The highest BCUT2D eigenvalue weighted by atomic mass is 32.1. The number of aromatic nitrogens is 2. The van der Waals surface area contributed by atoms with Gasteiger partial charge in [0, 0.05) is 68.0 Å². The third-order valence-corrected chi connectivity index (χ3v) is 13.6. The quantitative estimate of drug-likeness (QED) is 0.0202. The van der Waals surface area contributed by atoms with E-state index in [0.29, 0.717) is 74.1 Å². The second-order valence-corrected chi connectivity index (χ2v) is 20.3. The summed E-state index contributed by atoms with van der Waals surface area (Å²) >= 11 is 1.57. The summed E-state index contributed by atoms with van der Waals surface area (Å²) in [6.07, 6.45) is -0.741. The van der Waals surface area contributed by atoms with Crippen LogP contribution in [0.2, 0.25) is 0 Å². The summed E-state index contributed by atoms with van der Waals surface area (Å²) in [6, 6.07) is 29.1. The number of thiazole rings is 1. The van der Waals surface area contributed by atoms with Crippen LogP contribution in [0.15, 0.2) is 108 Å². The van der Waals surface area contributed by atoms with Gasteiger partial charge in [-0.05, 0) is 60.2 Å². The molecule has 0 aliphatic carbocycles. The average molecular weight is 1050 g/mol. The fourth-order valence-corrected chi connectivity index (χ4v) is 9.42. The second-order valence-electron chi connectivity index (χ2n) is 19.4. The van der Waals surface area contributed by atoms with E-state index in [-0.39, 0.29) is 62.7 Å². The first-order valence-electron chi connectivity index (χ1n) is 25.6. The van der Waals surface area contributed by atoms with E-state index in [1.54, 1.807) is 17.4 Å². The Balaban J connectivity index is 0.770. The molecule has 0 bridgehead atoms. The molecule has 1 aliphatic heterocycles. The predicted molar refractivity (Wildman–Crippen MR) is 294 cm³/mol. The molecule has 3 atom stereocenters. The number of aliphatic hydroxyl groups excluding tert-OH is 1. The first kappa shape index (κ1) is 56.5. The zero-order valence-corrected chi connectivity index (χ0v) is 44.6. The number of aliphatic hydroxyl groups is 1. The van der Waals surface area contributed by atoms with Crippen molar-refractivity contribution in [3.63, 3.8) is 0 Å². The zero-order chi connectivity index (χ0) is 54.0. The van der Waals surface area contributed by atoms with Crippen molar-refractivity contribution >= 4 is 57.3 Å². The molecule has 7 rings (SSSR count). The van der Waals surface area contributed by atoms with Gasteiger partial charge in [0.2, 0.25) is 17.7 Å². The summed E-state index contributed by atoms with van der Waals surface area (Å²) in [7, 11) is 0. The number of rotatable bonds is 24. The number of aromatic amines is 1. The van der Waals surface area contributed by atoms with E-state index < -0.39 is 29.5 Å². The molecule has 1 fully saturated rings. The molecule has 18 heteroatoms. The number of benzene rings is 4.